The van der Waals surface area contributed by atoms with Gasteiger partial charge >= 0.3 is 0 Å². The number of hydrogen-bond donors (Lipinski definition) is 4. The Kier molecular flexibility index (Phi) is 6.48. The van der Waals surface area contributed by atoms with Crippen molar-refractivity contribution in [2.75, 3.05) is 13.7 Å². The van der Waals surface area contributed by atoms with Crippen LogP contribution in [0.25, 0.3) is 0 Å². The highest BCUT2D eigenvalue weighted by Gasteiger charge is 2.08. The molecular formula is C14H22N4O3. The second kappa shape index (κ2) is 8.11. The van der Waals surface area contributed by atoms with Crippen LogP contribution in [-0.4, -0.2) is 36.6 Å². The van der Waals surface area contributed by atoms with Crippen molar-refractivity contribution in [3.63, 3.8) is 0 Å². The number of rotatable bonds is 7. The minimum absolute atomic E-state index is 0.0245. The van der Waals surface area contributed by atoms with E-state index in [1.54, 1.807) is 25.3 Å². The van der Waals surface area contributed by atoms with E-state index in [2.05, 4.69) is 15.8 Å². The summed E-state index contributed by atoms with van der Waals surface area (Å²) in [5.74, 6) is 0.620. The van der Waals surface area contributed by atoms with Crippen LogP contribution < -0.4 is 21.1 Å². The first kappa shape index (κ1) is 16.8. The average molecular weight is 294 g/mol. The van der Waals surface area contributed by atoms with Crippen molar-refractivity contribution < 1.29 is 14.7 Å². The topological polar surface area (TPSA) is 109 Å². The van der Waals surface area contributed by atoms with Gasteiger partial charge in [0.15, 0.2) is 5.84 Å². The molecule has 5 N–H and O–H groups in total. The zero-order valence-corrected chi connectivity index (χ0v) is 12.5. The Morgan fingerprint density at radius 3 is 2.76 bits per heavy atom. The van der Waals surface area contributed by atoms with E-state index in [9.17, 15) is 4.79 Å². The van der Waals surface area contributed by atoms with Crippen LogP contribution in [0.4, 0.5) is 0 Å². The Balaban J connectivity index is 2.70. The molecule has 1 rings (SSSR count). The summed E-state index contributed by atoms with van der Waals surface area (Å²) in [6.45, 7) is 4.44. The van der Waals surface area contributed by atoms with Gasteiger partial charge in [0.25, 0.3) is 0 Å². The summed E-state index contributed by atoms with van der Waals surface area (Å²) >= 11 is 0. The van der Waals surface area contributed by atoms with Crippen LogP contribution in [0.5, 0.6) is 5.75 Å². The molecule has 0 saturated heterocycles. The first-order valence-corrected chi connectivity index (χ1v) is 6.62. The van der Waals surface area contributed by atoms with E-state index in [0.717, 1.165) is 5.56 Å². The maximum absolute atomic E-state index is 11.5. The second-order valence-electron chi connectivity index (χ2n) is 4.84. The summed E-state index contributed by atoms with van der Waals surface area (Å²) in [4.78, 5) is 11.5. The Bertz CT molecular complexity index is 515. The average Bonchev–Trinajstić information content (AvgIpc) is 2.45. The molecule has 7 heteroatoms. The quantitative estimate of drug-likeness (QED) is 0.252. The maximum Gasteiger partial charge on any atom is 0.234 e. The van der Waals surface area contributed by atoms with Gasteiger partial charge in [-0.15, -0.1) is 0 Å². The molecule has 0 radical (unpaired) electrons. The predicted octanol–water partition coefficient (Wildman–Crippen LogP) is 0.404. The van der Waals surface area contributed by atoms with Crippen LogP contribution in [0.2, 0.25) is 0 Å². The van der Waals surface area contributed by atoms with Crippen molar-refractivity contribution in [1.82, 2.24) is 10.6 Å². The SMILES string of the molecule is COc1ccc(/C(N)=N/O)cc1CNCC(=O)NC(C)C. The van der Waals surface area contributed by atoms with Gasteiger partial charge < -0.3 is 26.3 Å². The van der Waals surface area contributed by atoms with Crippen LogP contribution in [0.3, 0.4) is 0 Å². The molecular weight excluding hydrogens is 272 g/mol. The van der Waals surface area contributed by atoms with Gasteiger partial charge in [0, 0.05) is 23.7 Å². The normalized spacial score (nSPS) is 11.5. The van der Waals surface area contributed by atoms with Crippen molar-refractivity contribution in [3.8, 4) is 5.75 Å². The Hall–Kier alpha value is -2.28. The molecule has 0 spiro atoms. The van der Waals surface area contributed by atoms with E-state index in [-0.39, 0.29) is 24.3 Å². The van der Waals surface area contributed by atoms with Gasteiger partial charge in [-0.3, -0.25) is 4.79 Å². The van der Waals surface area contributed by atoms with E-state index in [0.29, 0.717) is 17.9 Å². The number of nitrogens with two attached hydrogens (primary N) is 1. The lowest BCUT2D eigenvalue weighted by atomic mass is 10.1. The molecule has 0 atom stereocenters. The first-order chi connectivity index (χ1) is 9.97. The van der Waals surface area contributed by atoms with E-state index in [4.69, 9.17) is 15.7 Å². The van der Waals surface area contributed by atoms with Crippen LogP contribution in [0.15, 0.2) is 23.4 Å². The molecule has 0 fully saturated rings. The zero-order valence-electron chi connectivity index (χ0n) is 12.5. The van der Waals surface area contributed by atoms with Crippen molar-refractivity contribution in [2.24, 2.45) is 10.9 Å². The number of oxime groups is 1. The van der Waals surface area contributed by atoms with Gasteiger partial charge in [0.1, 0.15) is 5.75 Å². The van der Waals surface area contributed by atoms with Crippen molar-refractivity contribution in [1.29, 1.82) is 0 Å². The number of hydrogen-bond acceptors (Lipinski definition) is 5. The van der Waals surface area contributed by atoms with Gasteiger partial charge in [-0.25, -0.2) is 0 Å². The summed E-state index contributed by atoms with van der Waals surface area (Å²) in [7, 11) is 1.56. The number of carbonyl (C=O) groups is 1. The Morgan fingerprint density at radius 1 is 1.48 bits per heavy atom. The van der Waals surface area contributed by atoms with Crippen LogP contribution in [0, 0.1) is 0 Å². The second-order valence-corrected chi connectivity index (χ2v) is 4.84. The molecule has 0 aromatic heterocycles. The summed E-state index contributed by atoms with van der Waals surface area (Å²) in [6, 6.07) is 5.29. The maximum atomic E-state index is 11.5. The number of amidine groups is 1. The molecule has 1 aromatic rings. The number of amides is 1. The molecule has 1 aromatic carbocycles. The highest BCUT2D eigenvalue weighted by Crippen LogP contribution is 2.19. The summed E-state index contributed by atoms with van der Waals surface area (Å²) in [6.07, 6.45) is 0. The molecule has 116 valence electrons. The molecule has 0 aliphatic rings. The number of methoxy groups -OCH3 is 1. The van der Waals surface area contributed by atoms with Crippen molar-refractivity contribution >= 4 is 11.7 Å². The summed E-state index contributed by atoms with van der Waals surface area (Å²) in [5, 5.41) is 17.5. The number of benzene rings is 1. The minimum atomic E-state index is -0.0726. The highest BCUT2D eigenvalue weighted by atomic mass is 16.5. The van der Waals surface area contributed by atoms with E-state index in [1.165, 1.54) is 0 Å². The van der Waals surface area contributed by atoms with Crippen LogP contribution >= 0.6 is 0 Å². The molecule has 0 aliphatic heterocycles. The fraction of sp³-hybridized carbons (Fsp3) is 0.429. The smallest absolute Gasteiger partial charge is 0.234 e. The fourth-order valence-electron chi connectivity index (χ4n) is 1.82. The number of nitrogens with zero attached hydrogens (tertiary/aromatic N) is 1. The van der Waals surface area contributed by atoms with Gasteiger partial charge in [-0.1, -0.05) is 5.16 Å². The van der Waals surface area contributed by atoms with Crippen molar-refractivity contribution in [3.05, 3.63) is 29.3 Å². The number of carbonyl (C=O) groups excluding carboxylic acids is 1. The molecule has 0 unspecified atom stereocenters. The monoisotopic (exact) mass is 294 g/mol. The van der Waals surface area contributed by atoms with Gasteiger partial charge in [0.2, 0.25) is 5.91 Å². The standard InChI is InChI=1S/C14H22N4O3/c1-9(2)17-13(19)8-16-7-11-6-10(14(15)18-20)4-5-12(11)21-3/h4-6,9,16,20H,7-8H2,1-3H3,(H2,15,18)(H,17,19). The molecule has 0 heterocycles. The van der Waals surface area contributed by atoms with Crippen LogP contribution in [-0.2, 0) is 11.3 Å². The first-order valence-electron chi connectivity index (χ1n) is 6.62. The third kappa shape index (κ3) is 5.31. The molecule has 21 heavy (non-hydrogen) atoms. The van der Waals surface area contributed by atoms with Crippen molar-refractivity contribution in [2.45, 2.75) is 26.4 Å². The summed E-state index contributed by atoms with van der Waals surface area (Å²) < 4.78 is 5.25. The lowest BCUT2D eigenvalue weighted by Crippen LogP contribution is -2.37. The Labute approximate surface area is 124 Å². The number of nitrogens with one attached hydrogen (secondary N) is 2. The molecule has 0 bridgehead atoms. The van der Waals surface area contributed by atoms with E-state index in [1.807, 2.05) is 13.8 Å². The lowest BCUT2D eigenvalue weighted by molar-refractivity contribution is -0.120. The fourth-order valence-corrected chi connectivity index (χ4v) is 1.82. The van der Waals surface area contributed by atoms with E-state index < -0.39 is 0 Å². The molecule has 0 aliphatic carbocycles. The largest absolute Gasteiger partial charge is 0.496 e. The third-order valence-corrected chi connectivity index (χ3v) is 2.73. The third-order valence-electron chi connectivity index (χ3n) is 2.73. The Morgan fingerprint density at radius 2 is 2.19 bits per heavy atom. The molecule has 1 amide bonds. The van der Waals surface area contributed by atoms with Gasteiger partial charge in [-0.05, 0) is 32.0 Å². The minimum Gasteiger partial charge on any atom is -0.496 e. The summed E-state index contributed by atoms with van der Waals surface area (Å²) in [5.41, 5.74) is 6.96. The molecule has 0 saturated carbocycles. The van der Waals surface area contributed by atoms with Gasteiger partial charge in [-0.2, -0.15) is 0 Å². The van der Waals surface area contributed by atoms with E-state index >= 15 is 0 Å². The predicted molar refractivity (Wildman–Crippen MR) is 80.5 cm³/mol. The lowest BCUT2D eigenvalue weighted by Gasteiger charge is -2.12. The van der Waals surface area contributed by atoms with Crippen LogP contribution in [0.1, 0.15) is 25.0 Å². The zero-order chi connectivity index (χ0) is 15.8. The number of ether oxygens (including phenoxy) is 1. The molecule has 7 nitrogen and oxygen atoms in total. The van der Waals surface area contributed by atoms with Gasteiger partial charge in [0.05, 0.1) is 13.7 Å². The highest BCUT2D eigenvalue weighted by molar-refractivity contribution is 5.97.